The maximum atomic E-state index is 12.3. The van der Waals surface area contributed by atoms with Crippen molar-refractivity contribution in [2.75, 3.05) is 19.8 Å². The molecule has 0 radical (unpaired) electrons. The molecular formula is C15H20N2O3S2. The minimum absolute atomic E-state index is 0.0621. The summed E-state index contributed by atoms with van der Waals surface area (Å²) in [5, 5.41) is 0.639. The Labute approximate surface area is 134 Å². The van der Waals surface area contributed by atoms with E-state index in [2.05, 4.69) is 9.71 Å². The molecule has 3 rings (SSSR count). The molecule has 0 amide bonds. The van der Waals surface area contributed by atoms with Crippen molar-refractivity contribution >= 4 is 31.6 Å². The van der Waals surface area contributed by atoms with E-state index in [-0.39, 0.29) is 11.2 Å². The average Bonchev–Trinajstić information content (AvgIpc) is 2.98. The number of benzene rings is 1. The predicted molar refractivity (Wildman–Crippen MR) is 88.8 cm³/mol. The number of hydrogen-bond acceptors (Lipinski definition) is 5. The summed E-state index contributed by atoms with van der Waals surface area (Å²) in [6, 6.07) is 7.97. The topological polar surface area (TPSA) is 68.3 Å². The standard InChI is InChI=1S/C15H20N2O3S2/c1-11(15-17-13-4-2-3-5-14(13)21-15)10-16-22(18,19)12-6-8-20-9-7-12/h2-5,11-12,16H,6-10H2,1H3/t11-/m1/s1. The molecule has 0 bridgehead atoms. The van der Waals surface area contributed by atoms with Gasteiger partial charge in [0.25, 0.3) is 0 Å². The van der Waals surface area contributed by atoms with Crippen LogP contribution in [-0.4, -0.2) is 38.4 Å². The van der Waals surface area contributed by atoms with Crippen molar-refractivity contribution in [2.45, 2.75) is 30.9 Å². The minimum Gasteiger partial charge on any atom is -0.381 e. The fourth-order valence-corrected chi connectivity index (χ4v) is 5.08. The Morgan fingerprint density at radius 3 is 2.82 bits per heavy atom. The van der Waals surface area contributed by atoms with Gasteiger partial charge in [0.15, 0.2) is 0 Å². The third-order valence-electron chi connectivity index (χ3n) is 3.93. The van der Waals surface area contributed by atoms with E-state index in [9.17, 15) is 8.42 Å². The fraction of sp³-hybridized carbons (Fsp3) is 0.533. The number of rotatable bonds is 5. The molecule has 0 spiro atoms. The lowest BCUT2D eigenvalue weighted by atomic mass is 10.2. The van der Waals surface area contributed by atoms with E-state index < -0.39 is 10.0 Å². The van der Waals surface area contributed by atoms with Crippen molar-refractivity contribution in [2.24, 2.45) is 0 Å². The summed E-state index contributed by atoms with van der Waals surface area (Å²) in [5.74, 6) is 0.0621. The van der Waals surface area contributed by atoms with Gasteiger partial charge in [-0.25, -0.2) is 18.1 Å². The molecule has 7 heteroatoms. The van der Waals surface area contributed by atoms with Crippen molar-refractivity contribution in [1.29, 1.82) is 0 Å². The highest BCUT2D eigenvalue weighted by Crippen LogP contribution is 2.27. The van der Waals surface area contributed by atoms with Crippen LogP contribution in [0.3, 0.4) is 0 Å². The molecule has 1 fully saturated rings. The number of ether oxygens (including phenoxy) is 1. The van der Waals surface area contributed by atoms with E-state index in [1.165, 1.54) is 0 Å². The zero-order chi connectivity index (χ0) is 15.6. The number of fused-ring (bicyclic) bond motifs is 1. The van der Waals surface area contributed by atoms with E-state index in [1.807, 2.05) is 31.2 Å². The van der Waals surface area contributed by atoms with E-state index in [1.54, 1.807) is 11.3 Å². The van der Waals surface area contributed by atoms with Gasteiger partial charge in [0.1, 0.15) is 0 Å². The molecule has 0 saturated carbocycles. The lowest BCUT2D eigenvalue weighted by Crippen LogP contribution is -2.39. The summed E-state index contributed by atoms with van der Waals surface area (Å²) in [6.07, 6.45) is 1.15. The van der Waals surface area contributed by atoms with Crippen LogP contribution >= 0.6 is 11.3 Å². The molecular weight excluding hydrogens is 320 g/mol. The Morgan fingerprint density at radius 2 is 2.09 bits per heavy atom. The zero-order valence-corrected chi connectivity index (χ0v) is 14.1. The Morgan fingerprint density at radius 1 is 1.36 bits per heavy atom. The Kier molecular flexibility index (Phi) is 4.77. The van der Waals surface area contributed by atoms with E-state index in [0.717, 1.165) is 15.2 Å². The van der Waals surface area contributed by atoms with Gasteiger partial charge in [0, 0.05) is 25.7 Å². The minimum atomic E-state index is -3.27. The van der Waals surface area contributed by atoms with E-state index in [0.29, 0.717) is 32.6 Å². The van der Waals surface area contributed by atoms with Crippen LogP contribution in [0, 0.1) is 0 Å². The molecule has 1 aromatic heterocycles. The fourth-order valence-electron chi connectivity index (χ4n) is 2.53. The number of para-hydroxylation sites is 1. The molecule has 0 aliphatic carbocycles. The van der Waals surface area contributed by atoms with E-state index >= 15 is 0 Å². The molecule has 1 N–H and O–H groups in total. The van der Waals surface area contributed by atoms with Crippen molar-refractivity contribution in [3.05, 3.63) is 29.3 Å². The lowest BCUT2D eigenvalue weighted by molar-refractivity contribution is 0.0981. The van der Waals surface area contributed by atoms with Gasteiger partial charge in [-0.1, -0.05) is 19.1 Å². The number of sulfonamides is 1. The molecule has 2 heterocycles. The van der Waals surface area contributed by atoms with Gasteiger partial charge >= 0.3 is 0 Å². The normalized spacial score (nSPS) is 18.6. The maximum Gasteiger partial charge on any atom is 0.214 e. The van der Waals surface area contributed by atoms with Gasteiger partial charge in [-0.05, 0) is 25.0 Å². The number of thiazole rings is 1. The van der Waals surface area contributed by atoms with Gasteiger partial charge < -0.3 is 4.74 Å². The molecule has 22 heavy (non-hydrogen) atoms. The molecule has 1 aromatic carbocycles. The van der Waals surface area contributed by atoms with Crippen LogP contribution in [0.4, 0.5) is 0 Å². The van der Waals surface area contributed by atoms with Crippen LogP contribution in [0.2, 0.25) is 0 Å². The van der Waals surface area contributed by atoms with Crippen LogP contribution in [0.5, 0.6) is 0 Å². The van der Waals surface area contributed by atoms with Gasteiger partial charge in [-0.15, -0.1) is 11.3 Å². The summed E-state index contributed by atoms with van der Waals surface area (Å²) < 4.78 is 33.7. The first-order valence-corrected chi connectivity index (χ1v) is 9.84. The second-order valence-corrected chi connectivity index (χ2v) is 8.73. The van der Waals surface area contributed by atoms with Crippen LogP contribution in [0.1, 0.15) is 30.7 Å². The van der Waals surface area contributed by atoms with Crippen LogP contribution in [0.15, 0.2) is 24.3 Å². The second-order valence-electron chi connectivity index (χ2n) is 5.63. The van der Waals surface area contributed by atoms with Crippen LogP contribution in [-0.2, 0) is 14.8 Å². The quantitative estimate of drug-likeness (QED) is 0.908. The van der Waals surface area contributed by atoms with Gasteiger partial charge in [-0.2, -0.15) is 0 Å². The highest BCUT2D eigenvalue weighted by atomic mass is 32.2. The average molecular weight is 340 g/mol. The molecule has 1 aliphatic rings. The summed E-state index contributed by atoms with van der Waals surface area (Å²) in [7, 11) is -3.27. The largest absolute Gasteiger partial charge is 0.381 e. The third kappa shape index (κ3) is 3.48. The first-order chi connectivity index (χ1) is 10.6. The monoisotopic (exact) mass is 340 g/mol. The highest BCUT2D eigenvalue weighted by molar-refractivity contribution is 7.90. The molecule has 1 saturated heterocycles. The maximum absolute atomic E-state index is 12.3. The van der Waals surface area contributed by atoms with E-state index in [4.69, 9.17) is 4.74 Å². The first kappa shape index (κ1) is 15.9. The molecule has 2 aromatic rings. The first-order valence-electron chi connectivity index (χ1n) is 7.48. The Bertz CT molecular complexity index is 703. The molecule has 120 valence electrons. The van der Waals surface area contributed by atoms with Crippen molar-refractivity contribution in [3.63, 3.8) is 0 Å². The van der Waals surface area contributed by atoms with Crippen LogP contribution < -0.4 is 4.72 Å². The zero-order valence-electron chi connectivity index (χ0n) is 12.5. The molecule has 1 atom stereocenters. The Balaban J connectivity index is 1.65. The number of hydrogen-bond donors (Lipinski definition) is 1. The van der Waals surface area contributed by atoms with Gasteiger partial charge in [0.2, 0.25) is 10.0 Å². The van der Waals surface area contributed by atoms with Crippen molar-refractivity contribution in [3.8, 4) is 0 Å². The van der Waals surface area contributed by atoms with Gasteiger partial charge in [0.05, 0.1) is 20.5 Å². The number of aromatic nitrogens is 1. The highest BCUT2D eigenvalue weighted by Gasteiger charge is 2.28. The van der Waals surface area contributed by atoms with Crippen molar-refractivity contribution < 1.29 is 13.2 Å². The molecule has 0 unspecified atom stereocenters. The number of nitrogens with one attached hydrogen (secondary N) is 1. The second kappa shape index (κ2) is 6.62. The predicted octanol–water partition coefficient (Wildman–Crippen LogP) is 2.50. The van der Waals surface area contributed by atoms with Gasteiger partial charge in [-0.3, -0.25) is 0 Å². The summed E-state index contributed by atoms with van der Waals surface area (Å²) in [5.41, 5.74) is 0.974. The summed E-state index contributed by atoms with van der Waals surface area (Å²) >= 11 is 1.63. The molecule has 1 aliphatic heterocycles. The SMILES string of the molecule is C[C@H](CNS(=O)(=O)C1CCOCC1)c1nc2ccccc2s1. The summed E-state index contributed by atoms with van der Waals surface area (Å²) in [4.78, 5) is 4.59. The molecule has 5 nitrogen and oxygen atoms in total. The van der Waals surface area contributed by atoms with Crippen LogP contribution in [0.25, 0.3) is 10.2 Å². The third-order valence-corrected chi connectivity index (χ3v) is 7.12. The van der Waals surface area contributed by atoms with Crippen molar-refractivity contribution in [1.82, 2.24) is 9.71 Å². The number of nitrogens with zero attached hydrogens (tertiary/aromatic N) is 1. The Hall–Kier alpha value is -1.02. The smallest absolute Gasteiger partial charge is 0.214 e. The lowest BCUT2D eigenvalue weighted by Gasteiger charge is -2.23. The summed E-state index contributed by atoms with van der Waals surface area (Å²) in [6.45, 7) is 3.45.